The van der Waals surface area contributed by atoms with Crippen LogP contribution in [0.2, 0.25) is 0 Å². The van der Waals surface area contributed by atoms with Gasteiger partial charge in [-0.2, -0.15) is 0 Å². The SMILES string of the molecule is COC(=O)c1ccccc1CNCC(C)(C)CO. The van der Waals surface area contributed by atoms with Gasteiger partial charge in [-0.05, 0) is 11.6 Å². The molecule has 0 unspecified atom stereocenters. The average Bonchev–Trinajstić information content (AvgIpc) is 2.38. The van der Waals surface area contributed by atoms with Crippen molar-refractivity contribution in [3.63, 3.8) is 0 Å². The summed E-state index contributed by atoms with van der Waals surface area (Å²) in [4.78, 5) is 11.6. The van der Waals surface area contributed by atoms with E-state index >= 15 is 0 Å². The smallest absolute Gasteiger partial charge is 0.338 e. The van der Waals surface area contributed by atoms with Crippen molar-refractivity contribution >= 4 is 5.97 Å². The molecule has 0 bridgehead atoms. The number of hydrogen-bond acceptors (Lipinski definition) is 4. The summed E-state index contributed by atoms with van der Waals surface area (Å²) in [6.45, 7) is 5.34. The highest BCUT2D eigenvalue weighted by Crippen LogP contribution is 2.13. The first-order valence-electron chi connectivity index (χ1n) is 5.98. The Hall–Kier alpha value is -1.39. The van der Waals surface area contributed by atoms with E-state index in [0.29, 0.717) is 18.7 Å². The predicted molar refractivity (Wildman–Crippen MR) is 70.4 cm³/mol. The second-order valence-electron chi connectivity index (χ2n) is 5.07. The molecule has 0 saturated carbocycles. The van der Waals surface area contributed by atoms with Gasteiger partial charge in [0.05, 0.1) is 12.7 Å². The molecule has 0 spiro atoms. The average molecular weight is 251 g/mol. The minimum atomic E-state index is -0.325. The summed E-state index contributed by atoms with van der Waals surface area (Å²) in [5.74, 6) is -0.325. The van der Waals surface area contributed by atoms with Crippen LogP contribution in [0.4, 0.5) is 0 Å². The van der Waals surface area contributed by atoms with E-state index in [1.54, 1.807) is 6.07 Å². The summed E-state index contributed by atoms with van der Waals surface area (Å²) in [5, 5.41) is 12.4. The summed E-state index contributed by atoms with van der Waals surface area (Å²) < 4.78 is 4.74. The number of aliphatic hydroxyl groups is 1. The maximum Gasteiger partial charge on any atom is 0.338 e. The van der Waals surface area contributed by atoms with Crippen molar-refractivity contribution in [1.82, 2.24) is 5.32 Å². The van der Waals surface area contributed by atoms with E-state index in [1.807, 2.05) is 32.0 Å². The zero-order valence-electron chi connectivity index (χ0n) is 11.2. The first-order valence-corrected chi connectivity index (χ1v) is 5.98. The summed E-state index contributed by atoms with van der Waals surface area (Å²) in [5.41, 5.74) is 1.31. The second kappa shape index (κ2) is 6.52. The maximum atomic E-state index is 11.6. The van der Waals surface area contributed by atoms with Gasteiger partial charge in [0.25, 0.3) is 0 Å². The van der Waals surface area contributed by atoms with Gasteiger partial charge in [-0.15, -0.1) is 0 Å². The third-order valence-electron chi connectivity index (χ3n) is 2.77. The van der Waals surface area contributed by atoms with E-state index in [-0.39, 0.29) is 18.0 Å². The van der Waals surface area contributed by atoms with Crippen molar-refractivity contribution in [3.05, 3.63) is 35.4 Å². The van der Waals surface area contributed by atoms with Gasteiger partial charge in [-0.25, -0.2) is 4.79 Å². The molecule has 1 aromatic carbocycles. The lowest BCUT2D eigenvalue weighted by molar-refractivity contribution is 0.0599. The first-order chi connectivity index (χ1) is 8.50. The Kier molecular flexibility index (Phi) is 5.31. The number of benzene rings is 1. The second-order valence-corrected chi connectivity index (χ2v) is 5.07. The third kappa shape index (κ3) is 4.13. The fourth-order valence-corrected chi connectivity index (χ4v) is 1.58. The van der Waals surface area contributed by atoms with Crippen molar-refractivity contribution in [2.24, 2.45) is 5.41 Å². The number of methoxy groups -OCH3 is 1. The molecule has 0 heterocycles. The molecule has 1 aromatic rings. The number of aliphatic hydroxyl groups excluding tert-OH is 1. The largest absolute Gasteiger partial charge is 0.465 e. The first kappa shape index (κ1) is 14.7. The van der Waals surface area contributed by atoms with Crippen LogP contribution in [0.1, 0.15) is 29.8 Å². The fourth-order valence-electron chi connectivity index (χ4n) is 1.58. The minimum absolute atomic E-state index is 0.124. The van der Waals surface area contributed by atoms with Gasteiger partial charge in [0.2, 0.25) is 0 Å². The number of esters is 1. The highest BCUT2D eigenvalue weighted by atomic mass is 16.5. The standard InChI is InChI=1S/C14H21NO3/c1-14(2,10-16)9-15-8-11-6-4-5-7-12(11)13(17)18-3/h4-7,15-16H,8-10H2,1-3H3. The van der Waals surface area contributed by atoms with E-state index in [2.05, 4.69) is 5.32 Å². The highest BCUT2D eigenvalue weighted by molar-refractivity contribution is 5.90. The molecule has 0 atom stereocenters. The van der Waals surface area contributed by atoms with Crippen LogP contribution < -0.4 is 5.32 Å². The van der Waals surface area contributed by atoms with Crippen LogP contribution in [0, 0.1) is 5.41 Å². The zero-order chi connectivity index (χ0) is 13.6. The van der Waals surface area contributed by atoms with Gasteiger partial charge in [-0.1, -0.05) is 32.0 Å². The van der Waals surface area contributed by atoms with E-state index < -0.39 is 0 Å². The quantitative estimate of drug-likeness (QED) is 0.754. The molecule has 0 aromatic heterocycles. The molecule has 4 nitrogen and oxygen atoms in total. The number of rotatable bonds is 6. The predicted octanol–water partition coefficient (Wildman–Crippen LogP) is 1.58. The van der Waals surface area contributed by atoms with Crippen LogP contribution in [-0.4, -0.2) is 31.3 Å². The van der Waals surface area contributed by atoms with Gasteiger partial charge in [0.1, 0.15) is 0 Å². The Morgan fingerprint density at radius 1 is 1.39 bits per heavy atom. The molecular weight excluding hydrogens is 230 g/mol. The van der Waals surface area contributed by atoms with Crippen LogP contribution in [0.15, 0.2) is 24.3 Å². The van der Waals surface area contributed by atoms with Gasteiger partial charge in [-0.3, -0.25) is 0 Å². The Balaban J connectivity index is 2.65. The van der Waals surface area contributed by atoms with Crippen molar-refractivity contribution in [1.29, 1.82) is 0 Å². The molecule has 0 fully saturated rings. The van der Waals surface area contributed by atoms with Gasteiger partial charge in [0, 0.05) is 25.1 Å². The van der Waals surface area contributed by atoms with E-state index in [0.717, 1.165) is 5.56 Å². The third-order valence-corrected chi connectivity index (χ3v) is 2.77. The summed E-state index contributed by atoms with van der Waals surface area (Å²) in [6.07, 6.45) is 0. The van der Waals surface area contributed by atoms with Crippen LogP contribution in [-0.2, 0) is 11.3 Å². The van der Waals surface area contributed by atoms with Crippen molar-refractivity contribution < 1.29 is 14.6 Å². The topological polar surface area (TPSA) is 58.6 Å². The van der Waals surface area contributed by atoms with Crippen molar-refractivity contribution in [2.45, 2.75) is 20.4 Å². The lowest BCUT2D eigenvalue weighted by Crippen LogP contribution is -2.32. The summed E-state index contributed by atoms with van der Waals surface area (Å²) >= 11 is 0. The van der Waals surface area contributed by atoms with E-state index in [1.165, 1.54) is 7.11 Å². The molecule has 4 heteroatoms. The molecule has 18 heavy (non-hydrogen) atoms. The van der Waals surface area contributed by atoms with Gasteiger partial charge >= 0.3 is 5.97 Å². The number of nitrogens with one attached hydrogen (secondary N) is 1. The molecule has 0 radical (unpaired) electrons. The van der Waals surface area contributed by atoms with Crippen LogP contribution in [0.5, 0.6) is 0 Å². The number of carbonyl (C=O) groups is 1. The number of ether oxygens (including phenoxy) is 1. The normalized spacial score (nSPS) is 11.3. The molecule has 0 saturated heterocycles. The van der Waals surface area contributed by atoms with Gasteiger partial charge in [0.15, 0.2) is 0 Å². The lowest BCUT2D eigenvalue weighted by atomic mass is 9.95. The molecule has 100 valence electrons. The zero-order valence-corrected chi connectivity index (χ0v) is 11.2. The van der Waals surface area contributed by atoms with Crippen LogP contribution >= 0.6 is 0 Å². The molecule has 0 aliphatic carbocycles. The number of hydrogen-bond donors (Lipinski definition) is 2. The van der Waals surface area contributed by atoms with Gasteiger partial charge < -0.3 is 15.2 Å². The number of carbonyl (C=O) groups excluding carboxylic acids is 1. The molecule has 2 N–H and O–H groups in total. The lowest BCUT2D eigenvalue weighted by Gasteiger charge is -2.22. The van der Waals surface area contributed by atoms with Crippen LogP contribution in [0.25, 0.3) is 0 Å². The summed E-state index contributed by atoms with van der Waals surface area (Å²) in [7, 11) is 1.38. The highest BCUT2D eigenvalue weighted by Gasteiger charge is 2.16. The van der Waals surface area contributed by atoms with E-state index in [4.69, 9.17) is 9.84 Å². The Bertz CT molecular complexity index is 402. The molecule has 0 aliphatic heterocycles. The maximum absolute atomic E-state index is 11.6. The van der Waals surface area contributed by atoms with E-state index in [9.17, 15) is 4.79 Å². The molecule has 0 amide bonds. The summed E-state index contributed by atoms with van der Waals surface area (Å²) in [6, 6.07) is 7.35. The van der Waals surface area contributed by atoms with Crippen molar-refractivity contribution in [3.8, 4) is 0 Å². The monoisotopic (exact) mass is 251 g/mol. The Labute approximate surface area is 108 Å². The molecule has 1 rings (SSSR count). The van der Waals surface area contributed by atoms with Crippen molar-refractivity contribution in [2.75, 3.05) is 20.3 Å². The molecule has 0 aliphatic rings. The molecular formula is C14H21NO3. The Morgan fingerprint density at radius 2 is 2.06 bits per heavy atom. The Morgan fingerprint density at radius 3 is 2.67 bits per heavy atom. The fraction of sp³-hybridized carbons (Fsp3) is 0.500. The minimum Gasteiger partial charge on any atom is -0.465 e. The van der Waals surface area contributed by atoms with Crippen LogP contribution in [0.3, 0.4) is 0 Å².